The zero-order valence-corrected chi connectivity index (χ0v) is 14.8. The molecule has 1 aromatic carbocycles. The number of carbonyl (C=O) groups is 1. The van der Waals surface area contributed by atoms with Crippen LogP contribution in [0.3, 0.4) is 0 Å². The third-order valence-corrected chi connectivity index (χ3v) is 6.26. The molecule has 2 aliphatic heterocycles. The van der Waals surface area contributed by atoms with Crippen molar-refractivity contribution in [2.45, 2.75) is 12.8 Å². The highest BCUT2D eigenvalue weighted by Gasteiger charge is 2.26. The molecular formula is C19H24N2O2S. The first-order valence-corrected chi connectivity index (χ1v) is 9.69. The number of benzene rings is 1. The Hall–Kier alpha value is -1.43. The van der Waals surface area contributed by atoms with Gasteiger partial charge in [0.1, 0.15) is 0 Å². The molecule has 0 unspecified atom stereocenters. The quantitative estimate of drug-likeness (QED) is 0.858. The Morgan fingerprint density at radius 2 is 1.88 bits per heavy atom. The number of piperidine rings is 1. The van der Waals surface area contributed by atoms with Crippen LogP contribution in [0, 0.1) is 5.92 Å². The van der Waals surface area contributed by atoms with Gasteiger partial charge in [0, 0.05) is 37.4 Å². The number of likely N-dealkylation sites (tertiary alicyclic amines) is 1. The maximum atomic E-state index is 12.8. The first-order valence-electron chi connectivity index (χ1n) is 8.87. The molecular weight excluding hydrogens is 320 g/mol. The van der Waals surface area contributed by atoms with Gasteiger partial charge in [0.05, 0.1) is 18.1 Å². The van der Waals surface area contributed by atoms with Gasteiger partial charge in [-0.3, -0.25) is 9.69 Å². The van der Waals surface area contributed by atoms with Crippen LogP contribution in [-0.2, 0) is 4.74 Å². The lowest BCUT2D eigenvalue weighted by Crippen LogP contribution is -2.44. The van der Waals surface area contributed by atoms with Crippen LogP contribution in [0.4, 0.5) is 0 Å². The van der Waals surface area contributed by atoms with E-state index in [9.17, 15) is 4.79 Å². The molecule has 128 valence electrons. The number of carbonyl (C=O) groups excluding carboxylic acids is 1. The largest absolute Gasteiger partial charge is 0.379 e. The number of morpholine rings is 1. The molecule has 5 heteroatoms. The standard InChI is InChI=1S/C19H24N2O2S/c22-19(18-13-16-3-1-2-4-17(16)24-18)21-7-5-15(6-8-21)14-20-9-11-23-12-10-20/h1-4,13,15H,5-12,14H2. The van der Waals surface area contributed by atoms with E-state index in [-0.39, 0.29) is 5.91 Å². The number of rotatable bonds is 3. The summed E-state index contributed by atoms with van der Waals surface area (Å²) in [5, 5.41) is 1.17. The van der Waals surface area contributed by atoms with E-state index in [4.69, 9.17) is 4.74 Å². The highest BCUT2D eigenvalue weighted by molar-refractivity contribution is 7.20. The second-order valence-corrected chi connectivity index (χ2v) is 7.88. The summed E-state index contributed by atoms with van der Waals surface area (Å²) in [4.78, 5) is 18.2. The minimum Gasteiger partial charge on any atom is -0.379 e. The summed E-state index contributed by atoms with van der Waals surface area (Å²) in [6, 6.07) is 10.3. The molecule has 0 bridgehead atoms. The molecule has 0 radical (unpaired) electrons. The zero-order valence-electron chi connectivity index (χ0n) is 13.9. The average Bonchev–Trinajstić information content (AvgIpc) is 3.07. The molecule has 2 fully saturated rings. The van der Waals surface area contributed by atoms with Crippen LogP contribution in [0.25, 0.3) is 10.1 Å². The van der Waals surface area contributed by atoms with Crippen LogP contribution < -0.4 is 0 Å². The molecule has 1 aromatic heterocycles. The number of hydrogen-bond acceptors (Lipinski definition) is 4. The molecule has 0 aliphatic carbocycles. The average molecular weight is 344 g/mol. The van der Waals surface area contributed by atoms with Crippen molar-refractivity contribution in [1.82, 2.24) is 9.80 Å². The van der Waals surface area contributed by atoms with E-state index in [2.05, 4.69) is 17.0 Å². The van der Waals surface area contributed by atoms with Gasteiger partial charge in [0.2, 0.25) is 0 Å². The monoisotopic (exact) mass is 344 g/mol. The van der Waals surface area contributed by atoms with Gasteiger partial charge < -0.3 is 9.64 Å². The summed E-state index contributed by atoms with van der Waals surface area (Å²) in [6.07, 6.45) is 2.24. The number of hydrogen-bond donors (Lipinski definition) is 0. The second kappa shape index (κ2) is 7.21. The maximum Gasteiger partial charge on any atom is 0.263 e. The van der Waals surface area contributed by atoms with Crippen molar-refractivity contribution in [3.63, 3.8) is 0 Å². The number of amides is 1. The van der Waals surface area contributed by atoms with Crippen molar-refractivity contribution >= 4 is 27.3 Å². The van der Waals surface area contributed by atoms with E-state index in [0.29, 0.717) is 0 Å². The lowest BCUT2D eigenvalue weighted by atomic mass is 9.96. The van der Waals surface area contributed by atoms with E-state index in [1.165, 1.54) is 10.1 Å². The molecule has 3 heterocycles. The smallest absolute Gasteiger partial charge is 0.263 e. The van der Waals surface area contributed by atoms with Crippen LogP contribution >= 0.6 is 11.3 Å². The topological polar surface area (TPSA) is 32.8 Å². The highest BCUT2D eigenvalue weighted by Crippen LogP contribution is 2.28. The van der Waals surface area contributed by atoms with E-state index in [0.717, 1.165) is 69.6 Å². The minimum absolute atomic E-state index is 0.209. The molecule has 0 saturated carbocycles. The van der Waals surface area contributed by atoms with Gasteiger partial charge in [-0.05, 0) is 36.3 Å². The minimum atomic E-state index is 0.209. The molecule has 2 saturated heterocycles. The molecule has 24 heavy (non-hydrogen) atoms. The first kappa shape index (κ1) is 16.1. The van der Waals surface area contributed by atoms with Crippen molar-refractivity contribution in [2.24, 2.45) is 5.92 Å². The number of ether oxygens (including phenoxy) is 1. The van der Waals surface area contributed by atoms with Crippen LogP contribution in [-0.4, -0.2) is 61.6 Å². The van der Waals surface area contributed by atoms with Crippen LogP contribution in [0.2, 0.25) is 0 Å². The summed E-state index contributed by atoms with van der Waals surface area (Å²) in [6.45, 7) is 6.78. The Balaban J connectivity index is 1.34. The lowest BCUT2D eigenvalue weighted by Gasteiger charge is -2.35. The fourth-order valence-corrected chi connectivity index (χ4v) is 4.74. The molecule has 0 atom stereocenters. The maximum absolute atomic E-state index is 12.8. The molecule has 2 aromatic rings. The van der Waals surface area contributed by atoms with E-state index in [1.807, 2.05) is 23.1 Å². The fraction of sp³-hybridized carbons (Fsp3) is 0.526. The lowest BCUT2D eigenvalue weighted by molar-refractivity contribution is 0.0243. The van der Waals surface area contributed by atoms with Gasteiger partial charge >= 0.3 is 0 Å². The Bertz CT molecular complexity index is 667. The normalized spacial score (nSPS) is 20.6. The molecule has 0 N–H and O–H groups in total. The summed E-state index contributed by atoms with van der Waals surface area (Å²) in [5.41, 5.74) is 0. The molecule has 4 nitrogen and oxygen atoms in total. The van der Waals surface area contributed by atoms with Crippen molar-refractivity contribution in [3.05, 3.63) is 35.2 Å². The van der Waals surface area contributed by atoms with Gasteiger partial charge in [-0.2, -0.15) is 0 Å². The number of thiophene rings is 1. The van der Waals surface area contributed by atoms with Crippen molar-refractivity contribution < 1.29 is 9.53 Å². The predicted molar refractivity (Wildman–Crippen MR) is 97.7 cm³/mol. The van der Waals surface area contributed by atoms with Crippen molar-refractivity contribution in [3.8, 4) is 0 Å². The Labute approximate surface area is 147 Å². The summed E-state index contributed by atoms with van der Waals surface area (Å²) in [7, 11) is 0. The summed E-state index contributed by atoms with van der Waals surface area (Å²) in [5.74, 6) is 0.926. The van der Waals surface area contributed by atoms with Crippen molar-refractivity contribution in [1.29, 1.82) is 0 Å². The van der Waals surface area contributed by atoms with Crippen molar-refractivity contribution in [2.75, 3.05) is 45.9 Å². The van der Waals surface area contributed by atoms with Gasteiger partial charge in [0.25, 0.3) is 5.91 Å². The van der Waals surface area contributed by atoms with Crippen LogP contribution in [0.1, 0.15) is 22.5 Å². The van der Waals surface area contributed by atoms with Crippen LogP contribution in [0.15, 0.2) is 30.3 Å². The molecule has 0 spiro atoms. The third-order valence-electron chi connectivity index (χ3n) is 5.16. The fourth-order valence-electron chi connectivity index (χ4n) is 3.71. The van der Waals surface area contributed by atoms with Gasteiger partial charge in [-0.15, -0.1) is 11.3 Å². The molecule has 2 aliphatic rings. The molecule has 4 rings (SSSR count). The predicted octanol–water partition coefficient (Wildman–Crippen LogP) is 3.09. The summed E-state index contributed by atoms with van der Waals surface area (Å²) < 4.78 is 6.62. The van der Waals surface area contributed by atoms with Crippen LogP contribution in [0.5, 0.6) is 0 Å². The van der Waals surface area contributed by atoms with E-state index < -0.39 is 0 Å². The van der Waals surface area contributed by atoms with Gasteiger partial charge in [-0.1, -0.05) is 18.2 Å². The van der Waals surface area contributed by atoms with Gasteiger partial charge in [0.15, 0.2) is 0 Å². The third kappa shape index (κ3) is 3.48. The number of nitrogens with zero attached hydrogens (tertiary/aromatic N) is 2. The Kier molecular flexibility index (Phi) is 4.83. The van der Waals surface area contributed by atoms with Gasteiger partial charge in [-0.25, -0.2) is 0 Å². The van der Waals surface area contributed by atoms with E-state index in [1.54, 1.807) is 11.3 Å². The zero-order chi connectivity index (χ0) is 16.4. The second-order valence-electron chi connectivity index (χ2n) is 6.80. The highest BCUT2D eigenvalue weighted by atomic mass is 32.1. The first-order chi connectivity index (χ1) is 11.8. The molecule has 1 amide bonds. The van der Waals surface area contributed by atoms with E-state index >= 15 is 0 Å². The SMILES string of the molecule is O=C(c1cc2ccccc2s1)N1CCC(CN2CCOCC2)CC1. The Morgan fingerprint density at radius 1 is 1.12 bits per heavy atom. The summed E-state index contributed by atoms with van der Waals surface area (Å²) >= 11 is 1.61. The number of fused-ring (bicyclic) bond motifs is 1. The Morgan fingerprint density at radius 3 is 2.62 bits per heavy atom.